The molecule has 0 amide bonds. The van der Waals surface area contributed by atoms with Gasteiger partial charge in [-0.05, 0) is 99.4 Å². The quantitative estimate of drug-likeness (QED) is 0.378. The number of carbonyl (C=O) groups is 1. The molecule has 1 aliphatic heterocycles. The zero-order chi connectivity index (χ0) is 25.4. The van der Waals surface area contributed by atoms with E-state index in [0.29, 0.717) is 31.4 Å². The van der Waals surface area contributed by atoms with Gasteiger partial charge in [0, 0.05) is 19.0 Å². The number of aryl methyl sites for hydroxylation is 2. The molecule has 1 aliphatic rings. The summed E-state index contributed by atoms with van der Waals surface area (Å²) >= 11 is 0. The third-order valence-electron chi connectivity index (χ3n) is 6.82. The molecule has 1 saturated heterocycles. The van der Waals surface area contributed by atoms with Crippen molar-refractivity contribution in [2.24, 2.45) is 0 Å². The number of hydrogen-bond donors (Lipinski definition) is 2. The number of unbranched alkanes of at least 4 members (excludes halogenated alkanes) is 1. The average Bonchev–Trinajstić information content (AvgIpc) is 3.24. The van der Waals surface area contributed by atoms with Gasteiger partial charge >= 0.3 is 5.97 Å². The number of β-amino-alcohol motifs (C(OH)–C–C–N with tert-alkyl or cyclic N) is 1. The van der Waals surface area contributed by atoms with Gasteiger partial charge in [-0.2, -0.15) is 0 Å². The molecule has 35 heavy (non-hydrogen) atoms. The third kappa shape index (κ3) is 8.37. The zero-order valence-electron chi connectivity index (χ0n) is 20.7. The van der Waals surface area contributed by atoms with Crippen LogP contribution >= 0.6 is 0 Å². The Bertz CT molecular complexity index is 983. The minimum Gasteiger partial charge on any atom is -0.481 e. The first kappa shape index (κ1) is 27.2. The number of carboxylic acids is 1. The molecule has 7 heteroatoms. The van der Waals surface area contributed by atoms with Crippen LogP contribution in [0.15, 0.2) is 36.4 Å². The van der Waals surface area contributed by atoms with Crippen LogP contribution in [0.3, 0.4) is 0 Å². The molecule has 2 N–H and O–H groups in total. The van der Waals surface area contributed by atoms with Crippen LogP contribution in [-0.4, -0.2) is 52.9 Å². The van der Waals surface area contributed by atoms with Crippen molar-refractivity contribution in [2.45, 2.75) is 77.0 Å². The highest BCUT2D eigenvalue weighted by molar-refractivity contribution is 5.66. The number of likely N-dealkylation sites (tertiary alicyclic amines) is 1. The van der Waals surface area contributed by atoms with E-state index in [2.05, 4.69) is 4.90 Å². The fourth-order valence-electron chi connectivity index (χ4n) is 4.83. The van der Waals surface area contributed by atoms with Gasteiger partial charge in [0.1, 0.15) is 11.6 Å². The summed E-state index contributed by atoms with van der Waals surface area (Å²) in [6.07, 6.45) is 3.72. The molecule has 1 heterocycles. The number of aliphatic hydroxyl groups is 1. The molecular weight excluding hydrogens is 452 g/mol. The minimum atomic E-state index is -0.818. The van der Waals surface area contributed by atoms with Crippen molar-refractivity contribution >= 4 is 5.97 Å². The van der Waals surface area contributed by atoms with Gasteiger partial charge < -0.3 is 14.9 Å². The number of nitrogens with zero attached hydrogens (tertiary/aromatic N) is 1. The van der Waals surface area contributed by atoms with E-state index in [1.807, 2.05) is 13.0 Å². The molecule has 2 aromatic carbocycles. The molecule has 0 aromatic heterocycles. The highest BCUT2D eigenvalue weighted by Gasteiger charge is 2.27. The molecule has 3 atom stereocenters. The molecule has 0 bridgehead atoms. The maximum Gasteiger partial charge on any atom is 0.303 e. The monoisotopic (exact) mass is 489 g/mol. The van der Waals surface area contributed by atoms with Crippen LogP contribution in [0.2, 0.25) is 0 Å². The molecule has 1 fully saturated rings. The van der Waals surface area contributed by atoms with E-state index in [1.165, 1.54) is 12.1 Å². The molecule has 2 aromatic rings. The highest BCUT2D eigenvalue weighted by Crippen LogP contribution is 2.26. The van der Waals surface area contributed by atoms with Crippen LogP contribution in [0.5, 0.6) is 0 Å². The maximum absolute atomic E-state index is 13.9. The first-order valence-electron chi connectivity index (χ1n) is 12.5. The second kappa shape index (κ2) is 13.1. The minimum absolute atomic E-state index is 0.116. The summed E-state index contributed by atoms with van der Waals surface area (Å²) in [6, 6.07) is 10.2. The largest absolute Gasteiger partial charge is 0.481 e. The van der Waals surface area contributed by atoms with Crippen molar-refractivity contribution in [3.8, 4) is 0 Å². The van der Waals surface area contributed by atoms with Crippen LogP contribution in [0.25, 0.3) is 0 Å². The number of rotatable bonds is 13. The average molecular weight is 490 g/mol. The topological polar surface area (TPSA) is 70.0 Å². The predicted molar refractivity (Wildman–Crippen MR) is 131 cm³/mol. The Morgan fingerprint density at radius 1 is 1.20 bits per heavy atom. The molecule has 3 rings (SSSR count). The Kier molecular flexibility index (Phi) is 10.2. The van der Waals surface area contributed by atoms with Gasteiger partial charge in [0.2, 0.25) is 0 Å². The van der Waals surface area contributed by atoms with Crippen LogP contribution in [0.1, 0.15) is 67.4 Å². The lowest BCUT2D eigenvalue weighted by Gasteiger charge is -2.28. The second-order valence-electron chi connectivity index (χ2n) is 9.65. The van der Waals surface area contributed by atoms with E-state index in [9.17, 15) is 18.7 Å². The van der Waals surface area contributed by atoms with Gasteiger partial charge in [0.15, 0.2) is 0 Å². The third-order valence-corrected chi connectivity index (χ3v) is 6.82. The lowest BCUT2D eigenvalue weighted by atomic mass is 9.98. The Balaban J connectivity index is 1.51. The number of hydrogen-bond acceptors (Lipinski definition) is 4. The normalized spacial score (nSPS) is 18.0. The fourth-order valence-corrected chi connectivity index (χ4v) is 4.83. The Hall–Kier alpha value is -2.35. The van der Waals surface area contributed by atoms with E-state index in [1.54, 1.807) is 25.1 Å². The van der Waals surface area contributed by atoms with E-state index in [-0.39, 0.29) is 30.7 Å². The van der Waals surface area contributed by atoms with Gasteiger partial charge in [-0.15, -0.1) is 0 Å². The molecule has 0 aliphatic carbocycles. The molecule has 192 valence electrons. The van der Waals surface area contributed by atoms with Crippen molar-refractivity contribution in [3.05, 3.63) is 70.3 Å². The smallest absolute Gasteiger partial charge is 0.303 e. The van der Waals surface area contributed by atoms with Crippen LogP contribution in [0.4, 0.5) is 8.78 Å². The summed E-state index contributed by atoms with van der Waals surface area (Å²) in [7, 11) is 0. The Morgan fingerprint density at radius 3 is 2.74 bits per heavy atom. The molecular formula is C28H37F2NO4. The fraction of sp³-hybridized carbons (Fsp3) is 0.536. The van der Waals surface area contributed by atoms with Gasteiger partial charge in [-0.25, -0.2) is 8.78 Å². The molecule has 0 spiro atoms. The molecule has 0 radical (unpaired) electrons. The van der Waals surface area contributed by atoms with Crippen molar-refractivity contribution in [2.75, 3.05) is 19.7 Å². The van der Waals surface area contributed by atoms with Gasteiger partial charge in [-0.3, -0.25) is 9.69 Å². The van der Waals surface area contributed by atoms with Crippen molar-refractivity contribution in [1.82, 2.24) is 4.90 Å². The lowest BCUT2D eigenvalue weighted by molar-refractivity contribution is -0.137. The van der Waals surface area contributed by atoms with E-state index >= 15 is 0 Å². The van der Waals surface area contributed by atoms with Crippen molar-refractivity contribution in [1.29, 1.82) is 0 Å². The standard InChI is InChI=1S/C28H37F2NO4/c1-19-9-10-21(15-27(19)30)14-24-7-5-13-31(24)17-25(32)18-35-20(2)26-16-23(29)12-11-22(26)6-3-4-8-28(33)34/h9-12,15-16,20,24-25,32H,3-8,13-14,17-18H2,1-2H3,(H,33,34)/t20-,24?,25-/m1/s1. The van der Waals surface area contributed by atoms with Crippen LogP contribution in [-0.2, 0) is 22.4 Å². The molecule has 1 unspecified atom stereocenters. The Labute approximate surface area is 206 Å². The van der Waals surface area contributed by atoms with E-state index in [0.717, 1.165) is 42.5 Å². The summed E-state index contributed by atoms with van der Waals surface area (Å²) in [4.78, 5) is 13.0. The predicted octanol–water partition coefficient (Wildman–Crippen LogP) is 5.22. The van der Waals surface area contributed by atoms with Crippen LogP contribution < -0.4 is 0 Å². The number of ether oxygens (including phenoxy) is 1. The van der Waals surface area contributed by atoms with Gasteiger partial charge in [0.05, 0.1) is 18.8 Å². The number of benzene rings is 2. The summed E-state index contributed by atoms with van der Waals surface area (Å²) < 4.78 is 33.8. The second-order valence-corrected chi connectivity index (χ2v) is 9.65. The number of halogens is 2. The first-order chi connectivity index (χ1) is 16.7. The van der Waals surface area contributed by atoms with Gasteiger partial charge in [-0.1, -0.05) is 18.2 Å². The number of aliphatic hydroxyl groups excluding tert-OH is 1. The van der Waals surface area contributed by atoms with E-state index in [4.69, 9.17) is 9.84 Å². The summed E-state index contributed by atoms with van der Waals surface area (Å²) in [6.45, 7) is 5.07. The summed E-state index contributed by atoms with van der Waals surface area (Å²) in [5, 5.41) is 19.5. The number of carboxylic acid groups (broad SMARTS) is 1. The Morgan fingerprint density at radius 2 is 2.00 bits per heavy atom. The van der Waals surface area contributed by atoms with E-state index < -0.39 is 18.2 Å². The summed E-state index contributed by atoms with van der Waals surface area (Å²) in [5.74, 6) is -1.35. The first-order valence-corrected chi connectivity index (χ1v) is 12.5. The number of aliphatic carboxylic acids is 1. The maximum atomic E-state index is 13.9. The van der Waals surface area contributed by atoms with Gasteiger partial charge in [0.25, 0.3) is 0 Å². The van der Waals surface area contributed by atoms with Crippen molar-refractivity contribution in [3.63, 3.8) is 0 Å². The SMILES string of the molecule is Cc1ccc(CC2CCCN2C[C@@H](O)CO[C@H](C)c2cc(F)ccc2CCCCC(=O)O)cc1F. The lowest BCUT2D eigenvalue weighted by Crippen LogP contribution is -2.39. The van der Waals surface area contributed by atoms with Crippen molar-refractivity contribution < 1.29 is 28.5 Å². The summed E-state index contributed by atoms with van der Waals surface area (Å²) in [5.41, 5.74) is 3.27. The molecule has 5 nitrogen and oxygen atoms in total. The molecule has 0 saturated carbocycles. The zero-order valence-corrected chi connectivity index (χ0v) is 20.7. The highest BCUT2D eigenvalue weighted by atomic mass is 19.1. The van der Waals surface area contributed by atoms with Crippen LogP contribution in [0, 0.1) is 18.6 Å².